The van der Waals surface area contributed by atoms with Gasteiger partial charge in [-0.15, -0.1) is 0 Å². The Morgan fingerprint density at radius 3 is 2.58 bits per heavy atom. The van der Waals surface area contributed by atoms with Gasteiger partial charge >= 0.3 is 0 Å². The van der Waals surface area contributed by atoms with Crippen LogP contribution in [0.2, 0.25) is 0 Å². The predicted octanol–water partition coefficient (Wildman–Crippen LogP) is 4.69. The molecule has 6 atom stereocenters. The first-order valence-electron chi connectivity index (χ1n) is 8.43. The minimum atomic E-state index is 0.410. The molecular formula is C17H28OS. The van der Waals surface area contributed by atoms with Gasteiger partial charge in [-0.25, -0.2) is 0 Å². The zero-order valence-electron chi connectivity index (χ0n) is 12.4. The normalized spacial score (nSPS) is 46.5. The fourth-order valence-corrected chi connectivity index (χ4v) is 6.89. The average Bonchev–Trinajstić information content (AvgIpc) is 2.47. The highest BCUT2D eigenvalue weighted by Crippen LogP contribution is 2.52. The predicted molar refractivity (Wildman–Crippen MR) is 82.4 cm³/mol. The third-order valence-electron chi connectivity index (χ3n) is 5.95. The molecule has 19 heavy (non-hydrogen) atoms. The first-order valence-corrected chi connectivity index (χ1v) is 9.38. The second-order valence-corrected chi connectivity index (χ2v) is 8.37. The van der Waals surface area contributed by atoms with Crippen LogP contribution in [0.15, 0.2) is 0 Å². The second-order valence-electron chi connectivity index (χ2n) is 6.95. The Bertz CT molecular complexity index is 340. The molecule has 3 aliphatic rings. The lowest BCUT2D eigenvalue weighted by Crippen LogP contribution is -2.49. The molecule has 0 radical (unpaired) electrons. The Hall–Kier alpha value is 0.0200. The molecule has 3 rings (SSSR count). The molecule has 0 aromatic heterocycles. The number of hydrogen-bond acceptors (Lipinski definition) is 2. The maximum Gasteiger partial charge on any atom is 0.141 e. The molecule has 2 heteroatoms. The Morgan fingerprint density at radius 2 is 1.84 bits per heavy atom. The van der Waals surface area contributed by atoms with E-state index < -0.39 is 0 Å². The zero-order chi connectivity index (χ0) is 13.4. The molecule has 1 heterocycles. The van der Waals surface area contributed by atoms with Gasteiger partial charge in [0.25, 0.3) is 0 Å². The molecule has 1 nitrogen and oxygen atoms in total. The fourth-order valence-electron chi connectivity index (χ4n) is 4.76. The largest absolute Gasteiger partial charge is 0.299 e. The van der Waals surface area contributed by atoms with Crippen molar-refractivity contribution >= 4 is 17.5 Å². The number of hydrogen-bond donors (Lipinski definition) is 0. The third-order valence-corrected chi connectivity index (χ3v) is 7.89. The molecule has 0 aromatic rings. The van der Waals surface area contributed by atoms with Crippen LogP contribution in [0, 0.1) is 23.7 Å². The van der Waals surface area contributed by atoms with Gasteiger partial charge in [0.15, 0.2) is 0 Å². The summed E-state index contributed by atoms with van der Waals surface area (Å²) in [5.41, 5.74) is 0. The van der Waals surface area contributed by atoms with Crippen LogP contribution in [0.4, 0.5) is 0 Å². The molecule has 0 aromatic carbocycles. The summed E-state index contributed by atoms with van der Waals surface area (Å²) in [4.78, 5) is 12.9. The Morgan fingerprint density at radius 1 is 1.05 bits per heavy atom. The van der Waals surface area contributed by atoms with E-state index in [1.54, 1.807) is 0 Å². The summed E-state index contributed by atoms with van der Waals surface area (Å²) >= 11 is 2.23. The summed E-state index contributed by atoms with van der Waals surface area (Å²) in [5.74, 6) is 3.13. The Balaban J connectivity index is 1.81. The standard InChI is InChI=1S/C17H28OS/c1-3-11-9-12(4-2)17-14(10-11)16(18)13-7-5-6-8-15(13)19-17/h11-15,17H,3-10H2,1-2H3. The molecule has 0 bridgehead atoms. The summed E-state index contributed by atoms with van der Waals surface area (Å²) in [6.07, 6.45) is 10.3. The summed E-state index contributed by atoms with van der Waals surface area (Å²) in [7, 11) is 0. The van der Waals surface area contributed by atoms with E-state index in [-0.39, 0.29) is 0 Å². The van der Waals surface area contributed by atoms with Crippen LogP contribution in [0.1, 0.15) is 65.2 Å². The molecular weight excluding hydrogens is 252 g/mol. The van der Waals surface area contributed by atoms with Crippen LogP contribution in [-0.4, -0.2) is 16.3 Å². The molecule has 6 unspecified atom stereocenters. The zero-order valence-corrected chi connectivity index (χ0v) is 13.3. The SMILES string of the molecule is CCC1CC(CC)C2SC3CCCCC3C(=O)C2C1. The molecule has 108 valence electrons. The number of carbonyl (C=O) groups excluding carboxylic acids is 1. The molecule has 2 aliphatic carbocycles. The monoisotopic (exact) mass is 280 g/mol. The van der Waals surface area contributed by atoms with Crippen LogP contribution >= 0.6 is 11.8 Å². The van der Waals surface area contributed by atoms with Crippen molar-refractivity contribution in [3.05, 3.63) is 0 Å². The van der Waals surface area contributed by atoms with E-state index in [2.05, 4.69) is 25.6 Å². The number of thioether (sulfide) groups is 1. The lowest BCUT2D eigenvalue weighted by molar-refractivity contribution is -0.130. The first kappa shape index (κ1) is 14.0. The molecule has 1 saturated heterocycles. The van der Waals surface area contributed by atoms with Crippen LogP contribution in [0.25, 0.3) is 0 Å². The van der Waals surface area contributed by atoms with E-state index in [0.29, 0.717) is 28.1 Å². The van der Waals surface area contributed by atoms with Crippen molar-refractivity contribution < 1.29 is 4.79 Å². The maximum absolute atomic E-state index is 12.9. The second kappa shape index (κ2) is 5.79. The number of ketones is 1. The Kier molecular flexibility index (Phi) is 4.26. The summed E-state index contributed by atoms with van der Waals surface area (Å²) in [6, 6.07) is 0. The average molecular weight is 280 g/mol. The number of fused-ring (bicyclic) bond motifs is 2. The van der Waals surface area contributed by atoms with Crippen molar-refractivity contribution in [1.29, 1.82) is 0 Å². The van der Waals surface area contributed by atoms with E-state index in [1.165, 1.54) is 51.4 Å². The summed E-state index contributed by atoms with van der Waals surface area (Å²) in [5, 5.41) is 1.34. The number of rotatable bonds is 2. The van der Waals surface area contributed by atoms with E-state index >= 15 is 0 Å². The number of Topliss-reactive ketones (excluding diaryl/α,β-unsaturated/α-hetero) is 1. The molecule has 0 spiro atoms. The fraction of sp³-hybridized carbons (Fsp3) is 0.941. The van der Waals surface area contributed by atoms with Gasteiger partial charge in [0.05, 0.1) is 0 Å². The van der Waals surface area contributed by atoms with Crippen molar-refractivity contribution in [1.82, 2.24) is 0 Å². The van der Waals surface area contributed by atoms with Gasteiger partial charge in [-0.3, -0.25) is 4.79 Å². The summed E-state index contributed by atoms with van der Waals surface area (Å²) < 4.78 is 0. The highest BCUT2D eigenvalue weighted by molar-refractivity contribution is 8.00. The summed E-state index contributed by atoms with van der Waals surface area (Å²) in [6.45, 7) is 4.64. The minimum Gasteiger partial charge on any atom is -0.299 e. The van der Waals surface area contributed by atoms with E-state index in [1.807, 2.05) is 0 Å². The van der Waals surface area contributed by atoms with Crippen LogP contribution in [0.5, 0.6) is 0 Å². The smallest absolute Gasteiger partial charge is 0.141 e. The molecule has 0 N–H and O–H groups in total. The van der Waals surface area contributed by atoms with Crippen molar-refractivity contribution in [3.8, 4) is 0 Å². The van der Waals surface area contributed by atoms with Gasteiger partial charge in [-0.2, -0.15) is 11.8 Å². The molecule has 3 fully saturated rings. The highest BCUT2D eigenvalue weighted by Gasteiger charge is 2.49. The van der Waals surface area contributed by atoms with Crippen molar-refractivity contribution in [2.75, 3.05) is 0 Å². The van der Waals surface area contributed by atoms with Gasteiger partial charge in [0.1, 0.15) is 5.78 Å². The van der Waals surface area contributed by atoms with Gasteiger partial charge in [-0.05, 0) is 37.5 Å². The van der Waals surface area contributed by atoms with Crippen molar-refractivity contribution in [2.45, 2.75) is 75.7 Å². The van der Waals surface area contributed by atoms with Crippen molar-refractivity contribution in [3.63, 3.8) is 0 Å². The van der Waals surface area contributed by atoms with Gasteiger partial charge in [0, 0.05) is 22.3 Å². The van der Waals surface area contributed by atoms with E-state index in [4.69, 9.17) is 0 Å². The van der Waals surface area contributed by atoms with Gasteiger partial charge in [0.2, 0.25) is 0 Å². The van der Waals surface area contributed by atoms with E-state index in [0.717, 1.165) is 11.8 Å². The third kappa shape index (κ3) is 2.50. The van der Waals surface area contributed by atoms with E-state index in [9.17, 15) is 4.79 Å². The molecule has 1 aliphatic heterocycles. The Labute approximate surface area is 122 Å². The maximum atomic E-state index is 12.9. The van der Waals surface area contributed by atoms with Crippen LogP contribution < -0.4 is 0 Å². The number of carbonyl (C=O) groups is 1. The minimum absolute atomic E-state index is 0.410. The molecule has 0 amide bonds. The van der Waals surface area contributed by atoms with Crippen molar-refractivity contribution in [2.24, 2.45) is 23.7 Å². The quantitative estimate of drug-likeness (QED) is 0.730. The van der Waals surface area contributed by atoms with Gasteiger partial charge in [-0.1, -0.05) is 39.5 Å². The first-order chi connectivity index (χ1) is 9.24. The van der Waals surface area contributed by atoms with Gasteiger partial charge < -0.3 is 0 Å². The lowest BCUT2D eigenvalue weighted by atomic mass is 9.68. The molecule has 2 saturated carbocycles. The lowest BCUT2D eigenvalue weighted by Gasteiger charge is -2.49. The van der Waals surface area contributed by atoms with Crippen LogP contribution in [0.3, 0.4) is 0 Å². The topological polar surface area (TPSA) is 17.1 Å². The highest BCUT2D eigenvalue weighted by atomic mass is 32.2. The van der Waals surface area contributed by atoms with Crippen LogP contribution in [-0.2, 0) is 4.79 Å².